The van der Waals surface area contributed by atoms with Crippen LogP contribution in [0.5, 0.6) is 0 Å². The standard InChI is InChI=1S/C10H11FO2S/c1-2-14-8-6-4-3-5-7(8)9(11)10(12)13/h3-6,9H,2H2,1H3,(H,12,13). The quantitative estimate of drug-likeness (QED) is 0.783. The molecular formula is C10H11FO2S. The highest BCUT2D eigenvalue weighted by Crippen LogP contribution is 2.29. The van der Waals surface area contributed by atoms with Crippen LogP contribution >= 0.6 is 11.8 Å². The smallest absolute Gasteiger partial charge is 0.343 e. The molecule has 0 amide bonds. The average Bonchev–Trinajstić information content (AvgIpc) is 2.18. The van der Waals surface area contributed by atoms with E-state index in [0.29, 0.717) is 4.90 Å². The minimum atomic E-state index is -1.93. The van der Waals surface area contributed by atoms with E-state index in [1.807, 2.05) is 6.92 Å². The van der Waals surface area contributed by atoms with E-state index in [0.717, 1.165) is 5.75 Å². The van der Waals surface area contributed by atoms with Crippen molar-refractivity contribution in [1.82, 2.24) is 0 Å². The molecule has 0 saturated heterocycles. The zero-order chi connectivity index (χ0) is 10.6. The molecule has 1 aromatic rings. The number of carboxylic acids is 1. The van der Waals surface area contributed by atoms with Crippen molar-refractivity contribution in [2.24, 2.45) is 0 Å². The summed E-state index contributed by atoms with van der Waals surface area (Å²) < 4.78 is 13.2. The maximum absolute atomic E-state index is 13.2. The average molecular weight is 214 g/mol. The van der Waals surface area contributed by atoms with Crippen molar-refractivity contribution in [1.29, 1.82) is 0 Å². The number of carbonyl (C=O) groups is 1. The lowest BCUT2D eigenvalue weighted by atomic mass is 10.1. The van der Waals surface area contributed by atoms with E-state index in [1.165, 1.54) is 17.8 Å². The van der Waals surface area contributed by atoms with E-state index in [2.05, 4.69) is 0 Å². The Hall–Kier alpha value is -1.03. The lowest BCUT2D eigenvalue weighted by molar-refractivity contribution is -0.143. The Morgan fingerprint density at radius 3 is 2.79 bits per heavy atom. The van der Waals surface area contributed by atoms with Crippen molar-refractivity contribution < 1.29 is 14.3 Å². The first-order valence-corrected chi connectivity index (χ1v) is 5.24. The summed E-state index contributed by atoms with van der Waals surface area (Å²) in [5.74, 6) is -0.641. The lowest BCUT2D eigenvalue weighted by Crippen LogP contribution is -2.07. The van der Waals surface area contributed by atoms with E-state index in [9.17, 15) is 9.18 Å². The Morgan fingerprint density at radius 1 is 1.57 bits per heavy atom. The summed E-state index contributed by atoms with van der Waals surface area (Å²) in [4.78, 5) is 11.2. The van der Waals surface area contributed by atoms with Crippen LogP contribution in [0.1, 0.15) is 18.7 Å². The monoisotopic (exact) mass is 214 g/mol. The molecule has 4 heteroatoms. The second-order valence-corrected chi connectivity index (χ2v) is 3.98. The van der Waals surface area contributed by atoms with Crippen molar-refractivity contribution in [3.05, 3.63) is 29.8 Å². The van der Waals surface area contributed by atoms with Crippen molar-refractivity contribution in [2.75, 3.05) is 5.75 Å². The third-order valence-electron chi connectivity index (χ3n) is 1.71. The van der Waals surface area contributed by atoms with Gasteiger partial charge >= 0.3 is 5.97 Å². The van der Waals surface area contributed by atoms with Gasteiger partial charge in [-0.3, -0.25) is 0 Å². The number of halogens is 1. The van der Waals surface area contributed by atoms with Crippen LogP contribution in [0.25, 0.3) is 0 Å². The number of benzene rings is 1. The minimum Gasteiger partial charge on any atom is -0.479 e. The molecule has 14 heavy (non-hydrogen) atoms. The van der Waals surface area contributed by atoms with Crippen LogP contribution in [0.2, 0.25) is 0 Å². The van der Waals surface area contributed by atoms with Crippen LogP contribution < -0.4 is 0 Å². The van der Waals surface area contributed by atoms with Crippen molar-refractivity contribution >= 4 is 17.7 Å². The number of alkyl halides is 1. The summed E-state index contributed by atoms with van der Waals surface area (Å²) in [6.45, 7) is 1.94. The normalized spacial score (nSPS) is 12.4. The number of hydrogen-bond acceptors (Lipinski definition) is 2. The SMILES string of the molecule is CCSc1ccccc1C(F)C(=O)O. The molecule has 0 fully saturated rings. The second-order valence-electron chi connectivity index (χ2n) is 2.67. The molecule has 0 radical (unpaired) electrons. The highest BCUT2D eigenvalue weighted by atomic mass is 32.2. The van der Waals surface area contributed by atoms with Gasteiger partial charge in [0, 0.05) is 10.5 Å². The van der Waals surface area contributed by atoms with E-state index >= 15 is 0 Å². The molecule has 0 spiro atoms. The van der Waals surface area contributed by atoms with Gasteiger partial charge in [0.15, 0.2) is 0 Å². The summed E-state index contributed by atoms with van der Waals surface area (Å²) in [7, 11) is 0. The predicted molar refractivity (Wildman–Crippen MR) is 54.3 cm³/mol. The van der Waals surface area contributed by atoms with Gasteiger partial charge in [-0.15, -0.1) is 11.8 Å². The maximum Gasteiger partial charge on any atom is 0.343 e. The minimum absolute atomic E-state index is 0.242. The van der Waals surface area contributed by atoms with Crippen LogP contribution in [-0.2, 0) is 4.79 Å². The Morgan fingerprint density at radius 2 is 2.21 bits per heavy atom. The first kappa shape index (κ1) is 11.0. The van der Waals surface area contributed by atoms with Gasteiger partial charge < -0.3 is 5.11 Å². The fourth-order valence-electron chi connectivity index (χ4n) is 1.11. The number of rotatable bonds is 4. The van der Waals surface area contributed by atoms with Gasteiger partial charge in [0.05, 0.1) is 0 Å². The summed E-state index contributed by atoms with van der Waals surface area (Å²) in [6, 6.07) is 6.66. The maximum atomic E-state index is 13.2. The van der Waals surface area contributed by atoms with E-state index in [4.69, 9.17) is 5.11 Å². The number of hydrogen-bond donors (Lipinski definition) is 1. The van der Waals surface area contributed by atoms with Crippen molar-refractivity contribution in [3.8, 4) is 0 Å². The molecule has 1 N–H and O–H groups in total. The van der Waals surface area contributed by atoms with E-state index in [1.54, 1.807) is 18.2 Å². The zero-order valence-corrected chi connectivity index (χ0v) is 8.55. The second kappa shape index (κ2) is 5.00. The fraction of sp³-hybridized carbons (Fsp3) is 0.300. The zero-order valence-electron chi connectivity index (χ0n) is 7.74. The Kier molecular flexibility index (Phi) is 3.95. The Labute approximate surface area is 86.1 Å². The Balaban J connectivity index is 3.00. The molecule has 2 nitrogen and oxygen atoms in total. The summed E-state index contributed by atoms with van der Waals surface area (Å²) >= 11 is 1.44. The third-order valence-corrected chi connectivity index (χ3v) is 2.68. The molecule has 1 atom stereocenters. The van der Waals surface area contributed by atoms with E-state index in [-0.39, 0.29) is 5.56 Å². The van der Waals surface area contributed by atoms with Crippen molar-refractivity contribution in [2.45, 2.75) is 18.0 Å². The molecule has 0 aromatic heterocycles. The number of aliphatic carboxylic acids is 1. The highest BCUT2D eigenvalue weighted by molar-refractivity contribution is 7.99. The van der Waals surface area contributed by atoms with Gasteiger partial charge in [-0.05, 0) is 11.8 Å². The summed E-state index contributed by atoms with van der Waals surface area (Å²) in [6.07, 6.45) is -1.93. The van der Waals surface area contributed by atoms with Crippen LogP contribution in [0.3, 0.4) is 0 Å². The van der Waals surface area contributed by atoms with Crippen LogP contribution in [-0.4, -0.2) is 16.8 Å². The van der Waals surface area contributed by atoms with Gasteiger partial charge in [0.1, 0.15) is 0 Å². The number of carboxylic acid groups (broad SMARTS) is 1. The van der Waals surface area contributed by atoms with Gasteiger partial charge in [-0.1, -0.05) is 25.1 Å². The topological polar surface area (TPSA) is 37.3 Å². The number of thioether (sulfide) groups is 1. The van der Waals surface area contributed by atoms with Crippen LogP contribution in [0.15, 0.2) is 29.2 Å². The van der Waals surface area contributed by atoms with E-state index < -0.39 is 12.1 Å². The first-order chi connectivity index (χ1) is 6.66. The Bertz CT molecular complexity index is 328. The molecule has 0 aliphatic rings. The first-order valence-electron chi connectivity index (χ1n) is 4.25. The predicted octanol–water partition coefficient (Wildman–Crippen LogP) is 2.89. The van der Waals surface area contributed by atoms with Crippen molar-refractivity contribution in [3.63, 3.8) is 0 Å². The molecule has 1 unspecified atom stereocenters. The molecule has 0 bridgehead atoms. The van der Waals surface area contributed by atoms with Gasteiger partial charge in [0.2, 0.25) is 6.17 Å². The van der Waals surface area contributed by atoms with Gasteiger partial charge in [-0.25, -0.2) is 9.18 Å². The molecule has 76 valence electrons. The lowest BCUT2D eigenvalue weighted by Gasteiger charge is -2.08. The fourth-order valence-corrected chi connectivity index (χ4v) is 1.93. The molecule has 0 aliphatic carbocycles. The van der Waals surface area contributed by atoms with Crippen LogP contribution in [0, 0.1) is 0 Å². The van der Waals surface area contributed by atoms with Gasteiger partial charge in [-0.2, -0.15) is 0 Å². The summed E-state index contributed by atoms with van der Waals surface area (Å²) in [5.41, 5.74) is 0.242. The summed E-state index contributed by atoms with van der Waals surface area (Å²) in [5, 5.41) is 8.54. The van der Waals surface area contributed by atoms with Gasteiger partial charge in [0.25, 0.3) is 0 Å². The highest BCUT2D eigenvalue weighted by Gasteiger charge is 2.20. The molecule has 1 aromatic carbocycles. The molecule has 1 rings (SSSR count). The molecule has 0 aliphatic heterocycles. The molecule has 0 heterocycles. The molecule has 0 saturated carbocycles. The largest absolute Gasteiger partial charge is 0.479 e. The molecular weight excluding hydrogens is 203 g/mol. The third kappa shape index (κ3) is 2.48. The van der Waals surface area contributed by atoms with Crippen LogP contribution in [0.4, 0.5) is 4.39 Å².